The lowest BCUT2D eigenvalue weighted by atomic mass is 10.0. The van der Waals surface area contributed by atoms with E-state index in [1.807, 2.05) is 0 Å². The Labute approximate surface area is 185 Å². The molecule has 0 saturated carbocycles. The van der Waals surface area contributed by atoms with Gasteiger partial charge in [0.25, 0.3) is 0 Å². The largest absolute Gasteiger partial charge is 0.355 e. The van der Waals surface area contributed by atoms with Gasteiger partial charge < -0.3 is 9.55 Å². The number of nitrogens with zero attached hydrogens (tertiary/aromatic N) is 1. The van der Waals surface area contributed by atoms with Gasteiger partial charge in [-0.2, -0.15) is 0 Å². The van der Waals surface area contributed by atoms with E-state index in [2.05, 4.69) is 125 Å². The molecule has 0 radical (unpaired) electrons. The van der Waals surface area contributed by atoms with Crippen LogP contribution in [0.3, 0.4) is 0 Å². The maximum atomic E-state index is 3.51. The van der Waals surface area contributed by atoms with Gasteiger partial charge in [0.2, 0.25) is 0 Å². The number of aromatic amines is 1. The van der Waals surface area contributed by atoms with Crippen molar-refractivity contribution in [2.75, 3.05) is 0 Å². The lowest BCUT2D eigenvalue weighted by Gasteiger charge is -2.09. The number of H-pyrrole nitrogens is 1. The number of para-hydroxylation sites is 3. The number of hydrogen-bond donors (Lipinski definition) is 1. The van der Waals surface area contributed by atoms with Crippen molar-refractivity contribution in [3.63, 3.8) is 0 Å². The van der Waals surface area contributed by atoms with E-state index >= 15 is 0 Å². The summed E-state index contributed by atoms with van der Waals surface area (Å²) in [6.45, 7) is 0. The molecule has 2 heterocycles. The molecule has 0 unspecified atom stereocenters. The molecule has 2 heteroatoms. The lowest BCUT2D eigenvalue weighted by molar-refractivity contribution is 1.18. The van der Waals surface area contributed by atoms with E-state index in [0.29, 0.717) is 0 Å². The van der Waals surface area contributed by atoms with Crippen molar-refractivity contribution in [3.05, 3.63) is 115 Å². The summed E-state index contributed by atoms with van der Waals surface area (Å²) < 4.78 is 2.36. The minimum atomic E-state index is 1.18. The third-order valence-corrected chi connectivity index (χ3v) is 6.55. The Kier molecular flexibility index (Phi) is 3.58. The zero-order valence-corrected chi connectivity index (χ0v) is 17.4. The molecule has 150 valence electrons. The molecule has 0 spiro atoms. The fourth-order valence-electron chi connectivity index (χ4n) is 5.03. The van der Waals surface area contributed by atoms with Crippen LogP contribution in [-0.4, -0.2) is 9.55 Å². The molecule has 0 atom stereocenters. The second-order valence-corrected chi connectivity index (χ2v) is 8.35. The van der Waals surface area contributed by atoms with Gasteiger partial charge >= 0.3 is 0 Å². The molecule has 2 aromatic heterocycles. The van der Waals surface area contributed by atoms with Crippen LogP contribution >= 0.6 is 0 Å². The minimum Gasteiger partial charge on any atom is -0.355 e. The molecular formula is C30H20N2. The molecule has 7 aromatic rings. The summed E-state index contributed by atoms with van der Waals surface area (Å²) in [5, 5.41) is 5.12. The maximum absolute atomic E-state index is 3.51. The van der Waals surface area contributed by atoms with Crippen LogP contribution in [0, 0.1) is 0 Å². The van der Waals surface area contributed by atoms with E-state index in [9.17, 15) is 0 Å². The lowest BCUT2D eigenvalue weighted by Crippen LogP contribution is -1.93. The van der Waals surface area contributed by atoms with Crippen LogP contribution in [0.2, 0.25) is 0 Å². The Bertz CT molecular complexity index is 1710. The number of fused-ring (bicyclic) bond motifs is 6. The zero-order valence-electron chi connectivity index (χ0n) is 17.4. The molecule has 1 N–H and O–H groups in total. The summed E-state index contributed by atoms with van der Waals surface area (Å²) in [7, 11) is 0. The van der Waals surface area contributed by atoms with Gasteiger partial charge in [-0.3, -0.25) is 0 Å². The smallest absolute Gasteiger partial charge is 0.0541 e. The van der Waals surface area contributed by atoms with Crippen molar-refractivity contribution < 1.29 is 0 Å². The summed E-state index contributed by atoms with van der Waals surface area (Å²) in [5.74, 6) is 0. The average Bonchev–Trinajstić information content (AvgIpc) is 3.40. The van der Waals surface area contributed by atoms with Gasteiger partial charge in [-0.15, -0.1) is 0 Å². The first kappa shape index (κ1) is 17.4. The fraction of sp³-hybridized carbons (Fsp3) is 0. The molecule has 0 saturated heterocycles. The van der Waals surface area contributed by atoms with Crippen molar-refractivity contribution in [3.8, 4) is 16.8 Å². The van der Waals surface area contributed by atoms with Gasteiger partial charge in [-0.1, -0.05) is 72.8 Å². The number of benzene rings is 5. The van der Waals surface area contributed by atoms with E-state index in [0.717, 1.165) is 0 Å². The van der Waals surface area contributed by atoms with Crippen molar-refractivity contribution in [2.24, 2.45) is 0 Å². The minimum absolute atomic E-state index is 1.18. The predicted octanol–water partition coefficient (Wildman–Crippen LogP) is 8.09. The molecule has 2 nitrogen and oxygen atoms in total. The van der Waals surface area contributed by atoms with E-state index in [-0.39, 0.29) is 0 Å². The van der Waals surface area contributed by atoms with E-state index < -0.39 is 0 Å². The highest BCUT2D eigenvalue weighted by Gasteiger charge is 2.11. The number of hydrogen-bond acceptors (Lipinski definition) is 0. The van der Waals surface area contributed by atoms with Gasteiger partial charge in [0.15, 0.2) is 0 Å². The number of nitrogens with one attached hydrogen (secondary N) is 1. The first-order valence-corrected chi connectivity index (χ1v) is 11.0. The monoisotopic (exact) mass is 408 g/mol. The fourth-order valence-corrected chi connectivity index (χ4v) is 5.03. The topological polar surface area (TPSA) is 20.7 Å². The highest BCUT2D eigenvalue weighted by Crippen LogP contribution is 2.33. The van der Waals surface area contributed by atoms with Crippen molar-refractivity contribution in [2.45, 2.75) is 0 Å². The van der Waals surface area contributed by atoms with E-state index in [1.165, 1.54) is 60.4 Å². The predicted molar refractivity (Wildman–Crippen MR) is 136 cm³/mol. The van der Waals surface area contributed by atoms with Crippen LogP contribution in [0.4, 0.5) is 0 Å². The van der Waals surface area contributed by atoms with Gasteiger partial charge in [-0.25, -0.2) is 0 Å². The summed E-state index contributed by atoms with van der Waals surface area (Å²) in [5.41, 5.74) is 8.47. The van der Waals surface area contributed by atoms with Gasteiger partial charge in [0.1, 0.15) is 0 Å². The molecule has 0 aliphatic carbocycles. The van der Waals surface area contributed by atoms with Gasteiger partial charge in [0.05, 0.1) is 11.0 Å². The summed E-state index contributed by atoms with van der Waals surface area (Å²) in [4.78, 5) is 3.51. The van der Waals surface area contributed by atoms with Crippen LogP contribution in [0.5, 0.6) is 0 Å². The maximum Gasteiger partial charge on any atom is 0.0541 e. The number of rotatable bonds is 2. The standard InChI is InChI=1S/C30H20N2/c1-4-10-27-23(7-1)26-19-21(15-18-28(26)31-27)20-13-16-22(17-14-20)32-29-11-5-2-8-24(29)25-9-3-6-12-30(25)32/h1-19,31H. The molecule has 5 aromatic carbocycles. The highest BCUT2D eigenvalue weighted by atomic mass is 15.0. The summed E-state index contributed by atoms with van der Waals surface area (Å²) >= 11 is 0. The second kappa shape index (κ2) is 6.60. The van der Waals surface area contributed by atoms with E-state index in [4.69, 9.17) is 0 Å². The Balaban J connectivity index is 1.38. The number of aromatic nitrogens is 2. The third kappa shape index (κ3) is 2.47. The van der Waals surface area contributed by atoms with E-state index in [1.54, 1.807) is 0 Å². The van der Waals surface area contributed by atoms with Crippen LogP contribution in [0.1, 0.15) is 0 Å². The van der Waals surface area contributed by atoms with Crippen molar-refractivity contribution >= 4 is 43.6 Å². The second-order valence-electron chi connectivity index (χ2n) is 8.35. The summed E-state index contributed by atoms with van der Waals surface area (Å²) in [6.07, 6.45) is 0. The van der Waals surface area contributed by atoms with Crippen molar-refractivity contribution in [1.82, 2.24) is 9.55 Å². The SMILES string of the molecule is c1ccc2c(c1)[nH]c1ccc(-c3ccc(-n4c5ccccc5c5ccccc54)cc3)cc12. The molecule has 0 bridgehead atoms. The Morgan fingerprint density at radius 1 is 0.438 bits per heavy atom. The zero-order chi connectivity index (χ0) is 21.1. The highest BCUT2D eigenvalue weighted by molar-refractivity contribution is 6.10. The molecule has 0 aliphatic heterocycles. The first-order chi connectivity index (χ1) is 15.9. The average molecular weight is 409 g/mol. The van der Waals surface area contributed by atoms with Crippen LogP contribution in [0.25, 0.3) is 60.4 Å². The third-order valence-electron chi connectivity index (χ3n) is 6.55. The van der Waals surface area contributed by atoms with Crippen LogP contribution in [0.15, 0.2) is 115 Å². The molecule has 7 rings (SSSR count). The van der Waals surface area contributed by atoms with Crippen LogP contribution in [-0.2, 0) is 0 Å². The molecule has 0 fully saturated rings. The van der Waals surface area contributed by atoms with Crippen LogP contribution < -0.4 is 0 Å². The summed E-state index contributed by atoms with van der Waals surface area (Å²) in [6, 6.07) is 41.4. The molecule has 0 aliphatic rings. The Morgan fingerprint density at radius 3 is 1.72 bits per heavy atom. The molecule has 0 amide bonds. The van der Waals surface area contributed by atoms with Gasteiger partial charge in [-0.05, 0) is 53.6 Å². The van der Waals surface area contributed by atoms with Crippen molar-refractivity contribution in [1.29, 1.82) is 0 Å². The van der Waals surface area contributed by atoms with Gasteiger partial charge in [0, 0.05) is 38.3 Å². The Morgan fingerprint density at radius 2 is 1.00 bits per heavy atom. The molecule has 32 heavy (non-hydrogen) atoms. The molecular weight excluding hydrogens is 388 g/mol. The first-order valence-electron chi connectivity index (χ1n) is 11.0. The normalized spacial score (nSPS) is 11.8. The Hall–Kier alpha value is -4.30. The quantitative estimate of drug-likeness (QED) is 0.298.